The molecule has 1 atom stereocenters. The Morgan fingerprint density at radius 2 is 2.18 bits per heavy atom. The second-order valence-corrected chi connectivity index (χ2v) is 5.32. The van der Waals surface area contributed by atoms with Gasteiger partial charge in [-0.15, -0.1) is 0 Å². The Labute approximate surface area is 132 Å². The number of anilines is 2. The minimum absolute atomic E-state index is 0.101. The van der Waals surface area contributed by atoms with E-state index in [1.54, 1.807) is 6.20 Å². The van der Waals surface area contributed by atoms with Crippen LogP contribution in [0, 0.1) is 0 Å². The van der Waals surface area contributed by atoms with Crippen molar-refractivity contribution in [1.29, 1.82) is 0 Å². The summed E-state index contributed by atoms with van der Waals surface area (Å²) in [4.78, 5) is 21.0. The zero-order chi connectivity index (χ0) is 15.9. The van der Waals surface area contributed by atoms with Crippen molar-refractivity contribution in [3.8, 4) is 0 Å². The van der Waals surface area contributed by atoms with E-state index >= 15 is 0 Å². The molecule has 1 N–H and O–H groups in total. The molecule has 6 nitrogen and oxygen atoms in total. The van der Waals surface area contributed by atoms with Crippen LogP contribution in [0.3, 0.4) is 0 Å². The molecule has 2 heterocycles. The molecule has 0 unspecified atom stereocenters. The fourth-order valence-electron chi connectivity index (χ4n) is 2.57. The maximum Gasteiger partial charge on any atom is 0.254 e. The molecule has 2 rings (SSSR count). The number of hydrogen-bond acceptors (Lipinski definition) is 5. The van der Waals surface area contributed by atoms with Gasteiger partial charge >= 0.3 is 0 Å². The highest BCUT2D eigenvalue weighted by molar-refractivity contribution is 5.94. The van der Waals surface area contributed by atoms with Gasteiger partial charge in [-0.3, -0.25) is 9.69 Å². The average molecular weight is 306 g/mol. The molecular formula is C16H26N4O2. The van der Waals surface area contributed by atoms with Crippen molar-refractivity contribution in [1.82, 2.24) is 9.88 Å². The lowest BCUT2D eigenvalue weighted by molar-refractivity contribution is -0.132. The summed E-state index contributed by atoms with van der Waals surface area (Å²) in [6.07, 6.45) is 1.29. The lowest BCUT2D eigenvalue weighted by Gasteiger charge is -2.31. The molecule has 0 bridgehead atoms. The van der Waals surface area contributed by atoms with Crippen LogP contribution in [0.4, 0.5) is 11.5 Å². The first-order chi connectivity index (χ1) is 10.7. The first-order valence-electron chi connectivity index (χ1n) is 8.03. The fourth-order valence-corrected chi connectivity index (χ4v) is 2.57. The van der Waals surface area contributed by atoms with Crippen molar-refractivity contribution in [2.75, 3.05) is 49.5 Å². The van der Waals surface area contributed by atoms with Gasteiger partial charge in [-0.05, 0) is 32.5 Å². The van der Waals surface area contributed by atoms with Crippen LogP contribution in [0.2, 0.25) is 0 Å². The molecular weight excluding hydrogens is 280 g/mol. The van der Waals surface area contributed by atoms with Gasteiger partial charge in [-0.25, -0.2) is 4.98 Å². The number of ether oxygens (including phenoxy) is 1. The minimum atomic E-state index is -0.406. The molecule has 0 aliphatic carbocycles. The molecule has 0 radical (unpaired) electrons. The number of amides is 1. The number of morpholine rings is 1. The molecule has 0 aromatic carbocycles. The molecule has 1 aliphatic heterocycles. The summed E-state index contributed by atoms with van der Waals surface area (Å²) in [6, 6.07) is 3.82. The highest BCUT2D eigenvalue weighted by Gasteiger charge is 2.25. The van der Waals surface area contributed by atoms with Crippen LogP contribution in [0.15, 0.2) is 18.3 Å². The normalized spacial score (nSPS) is 19.0. The van der Waals surface area contributed by atoms with E-state index in [0.717, 1.165) is 32.0 Å². The molecule has 6 heteroatoms. The van der Waals surface area contributed by atoms with Gasteiger partial charge in [-0.1, -0.05) is 6.92 Å². The molecule has 1 aromatic heterocycles. The number of hydrogen-bond donors (Lipinski definition) is 1. The van der Waals surface area contributed by atoms with E-state index in [0.29, 0.717) is 18.8 Å². The fraction of sp³-hybridized carbons (Fsp3) is 0.625. The molecule has 1 saturated heterocycles. The average Bonchev–Trinajstić information content (AvgIpc) is 2.57. The summed E-state index contributed by atoms with van der Waals surface area (Å²) in [7, 11) is 0. The van der Waals surface area contributed by atoms with Crippen LogP contribution in [-0.2, 0) is 9.53 Å². The van der Waals surface area contributed by atoms with Crippen molar-refractivity contribution in [2.24, 2.45) is 0 Å². The summed E-state index contributed by atoms with van der Waals surface area (Å²) < 4.78 is 5.56. The lowest BCUT2D eigenvalue weighted by atomic mass is 10.2. The van der Waals surface area contributed by atoms with E-state index in [1.807, 2.05) is 12.1 Å². The highest BCUT2D eigenvalue weighted by atomic mass is 16.5. The van der Waals surface area contributed by atoms with E-state index in [1.165, 1.54) is 0 Å². The van der Waals surface area contributed by atoms with Gasteiger partial charge < -0.3 is 15.0 Å². The molecule has 122 valence electrons. The maximum absolute atomic E-state index is 12.3. The third kappa shape index (κ3) is 4.18. The number of nitrogens with zero attached hydrogens (tertiary/aromatic N) is 3. The van der Waals surface area contributed by atoms with Gasteiger partial charge in [0.15, 0.2) is 0 Å². The van der Waals surface area contributed by atoms with Crippen molar-refractivity contribution in [2.45, 2.75) is 26.9 Å². The first kappa shape index (κ1) is 16.7. The maximum atomic E-state index is 12.3. The quantitative estimate of drug-likeness (QED) is 0.865. The van der Waals surface area contributed by atoms with E-state index in [4.69, 9.17) is 4.74 Å². The van der Waals surface area contributed by atoms with Crippen LogP contribution < -0.4 is 10.2 Å². The first-order valence-corrected chi connectivity index (χ1v) is 8.03. The molecule has 0 spiro atoms. The predicted molar refractivity (Wildman–Crippen MR) is 88.3 cm³/mol. The SMILES string of the molecule is CCN1CCO[C@@H](C(=O)Nc2ccc(N(CC)CC)nc2)C1. The van der Waals surface area contributed by atoms with Crippen molar-refractivity contribution >= 4 is 17.4 Å². The summed E-state index contributed by atoms with van der Waals surface area (Å²) in [6.45, 7) is 11.2. The van der Waals surface area contributed by atoms with Crippen LogP contribution in [0.25, 0.3) is 0 Å². The largest absolute Gasteiger partial charge is 0.366 e. The van der Waals surface area contributed by atoms with Crippen molar-refractivity contribution < 1.29 is 9.53 Å². The summed E-state index contributed by atoms with van der Waals surface area (Å²) in [5.74, 6) is 0.824. The second-order valence-electron chi connectivity index (χ2n) is 5.32. The summed E-state index contributed by atoms with van der Waals surface area (Å²) >= 11 is 0. The van der Waals surface area contributed by atoms with Crippen LogP contribution in [0.1, 0.15) is 20.8 Å². The molecule has 1 aromatic rings. The van der Waals surface area contributed by atoms with Crippen LogP contribution in [-0.4, -0.2) is 61.2 Å². The molecule has 0 saturated carbocycles. The third-order valence-corrected chi connectivity index (χ3v) is 3.99. The topological polar surface area (TPSA) is 57.7 Å². The van der Waals surface area contributed by atoms with Gasteiger partial charge in [0.2, 0.25) is 0 Å². The number of nitrogens with one attached hydrogen (secondary N) is 1. The van der Waals surface area contributed by atoms with E-state index < -0.39 is 6.10 Å². The predicted octanol–water partition coefficient (Wildman–Crippen LogP) is 1.59. The summed E-state index contributed by atoms with van der Waals surface area (Å²) in [5.41, 5.74) is 0.707. The summed E-state index contributed by atoms with van der Waals surface area (Å²) in [5, 5.41) is 2.89. The lowest BCUT2D eigenvalue weighted by Crippen LogP contribution is -2.47. The number of rotatable bonds is 6. The van der Waals surface area contributed by atoms with E-state index in [9.17, 15) is 4.79 Å². The molecule has 1 fully saturated rings. The van der Waals surface area contributed by atoms with Crippen LogP contribution in [0.5, 0.6) is 0 Å². The van der Waals surface area contributed by atoms with E-state index in [2.05, 4.69) is 40.9 Å². The second kappa shape index (κ2) is 8.10. The minimum Gasteiger partial charge on any atom is -0.366 e. The molecule has 22 heavy (non-hydrogen) atoms. The monoisotopic (exact) mass is 306 g/mol. The van der Waals surface area contributed by atoms with Gasteiger partial charge in [0.05, 0.1) is 18.5 Å². The number of aromatic nitrogens is 1. The standard InChI is InChI=1S/C16H26N4O2/c1-4-19-9-10-22-14(12-19)16(21)18-13-7-8-15(17-11-13)20(5-2)6-3/h7-8,11,14H,4-6,9-10,12H2,1-3H3,(H,18,21)/t14-/m1/s1. The third-order valence-electron chi connectivity index (χ3n) is 3.99. The zero-order valence-electron chi connectivity index (χ0n) is 13.7. The Hall–Kier alpha value is -1.66. The Bertz CT molecular complexity index is 474. The Kier molecular flexibility index (Phi) is 6.15. The number of pyridine rings is 1. The molecule has 1 amide bonds. The highest BCUT2D eigenvalue weighted by Crippen LogP contribution is 2.15. The van der Waals surface area contributed by atoms with Gasteiger partial charge in [-0.2, -0.15) is 0 Å². The van der Waals surface area contributed by atoms with E-state index in [-0.39, 0.29) is 5.91 Å². The van der Waals surface area contributed by atoms with Crippen molar-refractivity contribution in [3.63, 3.8) is 0 Å². The Morgan fingerprint density at radius 1 is 1.41 bits per heavy atom. The smallest absolute Gasteiger partial charge is 0.254 e. The Balaban J connectivity index is 1.94. The van der Waals surface area contributed by atoms with Gasteiger partial charge in [0.1, 0.15) is 11.9 Å². The number of carbonyl (C=O) groups is 1. The number of likely N-dealkylation sites (N-methyl/N-ethyl adjacent to an activating group) is 1. The Morgan fingerprint density at radius 3 is 2.77 bits per heavy atom. The number of carbonyl (C=O) groups excluding carboxylic acids is 1. The van der Waals surface area contributed by atoms with Crippen LogP contribution >= 0.6 is 0 Å². The zero-order valence-corrected chi connectivity index (χ0v) is 13.7. The van der Waals surface area contributed by atoms with Crippen molar-refractivity contribution in [3.05, 3.63) is 18.3 Å². The van der Waals surface area contributed by atoms with Gasteiger partial charge in [0.25, 0.3) is 5.91 Å². The van der Waals surface area contributed by atoms with Gasteiger partial charge in [0, 0.05) is 26.2 Å². The molecule has 1 aliphatic rings.